The van der Waals surface area contributed by atoms with Crippen LogP contribution in [0.4, 0.5) is 4.79 Å². The van der Waals surface area contributed by atoms with Crippen LogP contribution < -0.4 is 5.32 Å². The summed E-state index contributed by atoms with van der Waals surface area (Å²) in [6, 6.07) is 9.04. The van der Waals surface area contributed by atoms with E-state index in [-0.39, 0.29) is 30.7 Å². The van der Waals surface area contributed by atoms with Crippen molar-refractivity contribution in [3.8, 4) is 0 Å². The molecule has 1 saturated heterocycles. The van der Waals surface area contributed by atoms with Crippen molar-refractivity contribution in [2.75, 3.05) is 19.6 Å². The van der Waals surface area contributed by atoms with Gasteiger partial charge in [-0.05, 0) is 57.6 Å². The smallest absolute Gasteiger partial charge is 0.410 e. The number of unbranched alkanes of at least 4 members (excludes halogenated alkanes) is 2. The van der Waals surface area contributed by atoms with Gasteiger partial charge in [-0.1, -0.05) is 36.8 Å². The quantitative estimate of drug-likeness (QED) is 0.372. The lowest BCUT2D eigenvalue weighted by molar-refractivity contribution is -0.151. The average molecular weight is 449 g/mol. The van der Waals surface area contributed by atoms with Crippen LogP contribution in [0.3, 0.4) is 0 Å². The predicted octanol–water partition coefficient (Wildman–Crippen LogP) is 3.59. The molecule has 1 fully saturated rings. The van der Waals surface area contributed by atoms with Gasteiger partial charge in [-0.2, -0.15) is 0 Å². The molecule has 178 valence electrons. The first kappa shape index (κ1) is 25.6. The van der Waals surface area contributed by atoms with E-state index in [1.165, 1.54) is 0 Å². The Kier molecular flexibility index (Phi) is 11.0. The number of hydrogen-bond donors (Lipinski definition) is 2. The van der Waals surface area contributed by atoms with Gasteiger partial charge >= 0.3 is 18.0 Å². The first-order valence-corrected chi connectivity index (χ1v) is 11.5. The second kappa shape index (κ2) is 13.7. The normalized spacial score (nSPS) is 16.2. The molecule has 1 aromatic rings. The third kappa shape index (κ3) is 9.26. The van der Waals surface area contributed by atoms with Gasteiger partial charge in [0.25, 0.3) is 0 Å². The molecule has 0 bridgehead atoms. The van der Waals surface area contributed by atoms with Crippen LogP contribution in [-0.4, -0.2) is 59.8 Å². The molecule has 1 aromatic carbocycles. The standard InChI is InChI=1S/C24H36N2O6/c1-18(23(28)29)25-14-8-4-7-11-22(27)32-19(2)21-12-15-26(16-13-21)24(30)31-17-20-9-5-3-6-10-20/h3,5-6,9-10,18-19,21,25H,4,7-8,11-17H2,1-2H3,(H,28,29)/t18-,19?/m0/s1. The number of carboxylic acid groups (broad SMARTS) is 1. The minimum absolute atomic E-state index is 0.178. The van der Waals surface area contributed by atoms with Crippen molar-refractivity contribution < 1.29 is 29.0 Å². The van der Waals surface area contributed by atoms with Gasteiger partial charge in [-0.3, -0.25) is 9.59 Å². The summed E-state index contributed by atoms with van der Waals surface area (Å²) in [6.45, 7) is 5.61. The van der Waals surface area contributed by atoms with Crippen molar-refractivity contribution in [3.05, 3.63) is 35.9 Å². The van der Waals surface area contributed by atoms with Gasteiger partial charge in [-0.15, -0.1) is 0 Å². The second-order valence-corrected chi connectivity index (χ2v) is 8.38. The van der Waals surface area contributed by atoms with E-state index >= 15 is 0 Å². The third-order valence-electron chi connectivity index (χ3n) is 5.86. The number of likely N-dealkylation sites (tertiary alicyclic amines) is 1. The number of benzene rings is 1. The average Bonchev–Trinajstić information content (AvgIpc) is 2.80. The third-order valence-corrected chi connectivity index (χ3v) is 5.86. The zero-order valence-electron chi connectivity index (χ0n) is 19.1. The van der Waals surface area contributed by atoms with E-state index in [0.29, 0.717) is 26.1 Å². The number of hydrogen-bond acceptors (Lipinski definition) is 6. The molecule has 1 amide bonds. The number of nitrogens with one attached hydrogen (secondary N) is 1. The lowest BCUT2D eigenvalue weighted by Crippen LogP contribution is -2.41. The molecule has 0 radical (unpaired) electrons. The molecule has 1 unspecified atom stereocenters. The molecule has 1 heterocycles. The number of nitrogens with zero attached hydrogens (tertiary/aromatic N) is 1. The van der Waals surface area contributed by atoms with E-state index < -0.39 is 12.0 Å². The maximum absolute atomic E-state index is 12.3. The maximum Gasteiger partial charge on any atom is 0.410 e. The number of rotatable bonds is 12. The van der Waals surface area contributed by atoms with Gasteiger partial charge in [0.1, 0.15) is 18.8 Å². The molecule has 0 spiro atoms. The summed E-state index contributed by atoms with van der Waals surface area (Å²) >= 11 is 0. The zero-order chi connectivity index (χ0) is 23.3. The summed E-state index contributed by atoms with van der Waals surface area (Å²) in [4.78, 5) is 36.8. The summed E-state index contributed by atoms with van der Waals surface area (Å²) in [7, 11) is 0. The van der Waals surface area contributed by atoms with Crippen molar-refractivity contribution in [1.29, 1.82) is 0 Å². The molecular formula is C24H36N2O6. The molecule has 1 aliphatic heterocycles. The molecular weight excluding hydrogens is 412 g/mol. The number of piperidine rings is 1. The van der Waals surface area contributed by atoms with Crippen LogP contribution in [-0.2, 0) is 25.7 Å². The Morgan fingerprint density at radius 3 is 2.44 bits per heavy atom. The van der Waals surface area contributed by atoms with Crippen LogP contribution in [0.1, 0.15) is 57.9 Å². The summed E-state index contributed by atoms with van der Waals surface area (Å²) in [6.07, 6.45) is 3.83. The van der Waals surface area contributed by atoms with Crippen molar-refractivity contribution in [2.45, 2.75) is 71.1 Å². The number of aliphatic carboxylic acids is 1. The minimum atomic E-state index is -0.863. The molecule has 1 aliphatic rings. The van der Waals surface area contributed by atoms with Gasteiger partial charge in [0.05, 0.1) is 0 Å². The highest BCUT2D eigenvalue weighted by Gasteiger charge is 2.28. The Balaban J connectivity index is 1.56. The lowest BCUT2D eigenvalue weighted by Gasteiger charge is -2.34. The van der Waals surface area contributed by atoms with Crippen molar-refractivity contribution >= 4 is 18.0 Å². The van der Waals surface area contributed by atoms with E-state index in [1.807, 2.05) is 37.3 Å². The summed E-state index contributed by atoms with van der Waals surface area (Å²) < 4.78 is 11.0. The van der Waals surface area contributed by atoms with E-state index in [1.54, 1.807) is 11.8 Å². The van der Waals surface area contributed by atoms with Crippen LogP contribution >= 0.6 is 0 Å². The van der Waals surface area contributed by atoms with Crippen molar-refractivity contribution in [1.82, 2.24) is 10.2 Å². The highest BCUT2D eigenvalue weighted by atomic mass is 16.6. The van der Waals surface area contributed by atoms with Crippen molar-refractivity contribution in [2.24, 2.45) is 5.92 Å². The Bertz CT molecular complexity index is 718. The van der Waals surface area contributed by atoms with Crippen molar-refractivity contribution in [3.63, 3.8) is 0 Å². The summed E-state index contributed by atoms with van der Waals surface area (Å²) in [5.41, 5.74) is 0.961. The number of carbonyl (C=O) groups excluding carboxylic acids is 2. The number of carbonyl (C=O) groups is 3. The van der Waals surface area contributed by atoms with Gasteiger partial charge in [-0.25, -0.2) is 4.79 Å². The van der Waals surface area contributed by atoms with Crippen LogP contribution in [0.15, 0.2) is 30.3 Å². The van der Waals surface area contributed by atoms with Crippen LogP contribution in [0.2, 0.25) is 0 Å². The van der Waals surface area contributed by atoms with E-state index in [2.05, 4.69) is 5.32 Å². The van der Waals surface area contributed by atoms with Crippen LogP contribution in [0.5, 0.6) is 0 Å². The lowest BCUT2D eigenvalue weighted by atomic mass is 9.92. The number of esters is 1. The fourth-order valence-corrected chi connectivity index (χ4v) is 3.70. The molecule has 0 saturated carbocycles. The van der Waals surface area contributed by atoms with Gasteiger partial charge < -0.3 is 24.8 Å². The number of amides is 1. The first-order chi connectivity index (χ1) is 15.4. The fraction of sp³-hybridized carbons (Fsp3) is 0.625. The summed E-state index contributed by atoms with van der Waals surface area (Å²) in [5.74, 6) is -0.828. The topological polar surface area (TPSA) is 105 Å². The zero-order valence-corrected chi connectivity index (χ0v) is 19.1. The molecule has 2 N–H and O–H groups in total. The maximum atomic E-state index is 12.3. The molecule has 0 aliphatic carbocycles. The summed E-state index contributed by atoms with van der Waals surface area (Å²) in [5, 5.41) is 11.7. The predicted molar refractivity (Wildman–Crippen MR) is 120 cm³/mol. The van der Waals surface area contributed by atoms with Crippen LogP contribution in [0, 0.1) is 5.92 Å². The SMILES string of the molecule is CC(OC(=O)CCCCCN[C@@H](C)C(=O)O)C1CCN(C(=O)OCc2ccccc2)CC1. The van der Waals surface area contributed by atoms with E-state index in [0.717, 1.165) is 37.7 Å². The molecule has 2 rings (SSSR count). The van der Waals surface area contributed by atoms with E-state index in [4.69, 9.17) is 14.6 Å². The molecule has 8 nitrogen and oxygen atoms in total. The van der Waals surface area contributed by atoms with Gasteiger partial charge in [0, 0.05) is 19.5 Å². The van der Waals surface area contributed by atoms with Gasteiger partial charge in [0.15, 0.2) is 0 Å². The second-order valence-electron chi connectivity index (χ2n) is 8.38. The Labute approximate surface area is 190 Å². The highest BCUT2D eigenvalue weighted by molar-refractivity contribution is 5.72. The largest absolute Gasteiger partial charge is 0.480 e. The molecule has 32 heavy (non-hydrogen) atoms. The monoisotopic (exact) mass is 448 g/mol. The van der Waals surface area contributed by atoms with E-state index in [9.17, 15) is 14.4 Å². The Hall–Kier alpha value is -2.61. The highest BCUT2D eigenvalue weighted by Crippen LogP contribution is 2.23. The van der Waals surface area contributed by atoms with Crippen LogP contribution in [0.25, 0.3) is 0 Å². The Morgan fingerprint density at radius 2 is 1.78 bits per heavy atom. The first-order valence-electron chi connectivity index (χ1n) is 11.5. The number of carboxylic acids is 1. The molecule has 2 atom stereocenters. The van der Waals surface area contributed by atoms with Gasteiger partial charge in [0.2, 0.25) is 0 Å². The minimum Gasteiger partial charge on any atom is -0.480 e. The fourth-order valence-electron chi connectivity index (χ4n) is 3.70. The Morgan fingerprint density at radius 1 is 1.09 bits per heavy atom. The molecule has 0 aromatic heterocycles. The molecule has 8 heteroatoms. The number of ether oxygens (including phenoxy) is 2.